The van der Waals surface area contributed by atoms with Crippen molar-refractivity contribution in [3.05, 3.63) is 56.7 Å². The fourth-order valence-corrected chi connectivity index (χ4v) is 2.96. The summed E-state index contributed by atoms with van der Waals surface area (Å²) in [7, 11) is 0. The lowest BCUT2D eigenvalue weighted by Crippen LogP contribution is -2.26. The molecule has 0 saturated carbocycles. The molecule has 0 amide bonds. The molecule has 0 radical (unpaired) electrons. The maximum Gasteiger partial charge on any atom is 0.158 e. The molecule has 1 unspecified atom stereocenters. The number of hydrogen-bond donors (Lipinski definition) is 2. The van der Waals surface area contributed by atoms with Gasteiger partial charge in [0, 0.05) is 16.3 Å². The normalized spacial score (nSPS) is 18.6. The number of thiol groups is 1. The maximum absolute atomic E-state index is 12.0. The number of nitrogens with zero attached hydrogens (tertiary/aromatic N) is 1. The van der Waals surface area contributed by atoms with Crippen LogP contribution in [-0.2, 0) is 4.79 Å². The molecule has 0 saturated heterocycles. The first-order chi connectivity index (χ1) is 9.45. The predicted octanol–water partition coefficient (Wildman–Crippen LogP) is 3.55. The fourth-order valence-electron chi connectivity index (χ4n) is 2.41. The molecule has 1 heterocycles. The summed E-state index contributed by atoms with van der Waals surface area (Å²) in [6.07, 6.45) is 0. The molecular weight excluding hydrogens is 292 g/mol. The van der Waals surface area contributed by atoms with E-state index in [1.165, 1.54) is 6.92 Å². The molecular formula is C15H13ClN2OS. The average molecular weight is 305 g/mol. The van der Waals surface area contributed by atoms with Crippen molar-refractivity contribution in [1.82, 2.24) is 5.32 Å². The number of nitriles is 1. The molecule has 2 rings (SSSR count). The van der Waals surface area contributed by atoms with Crippen LogP contribution in [0.3, 0.4) is 0 Å². The van der Waals surface area contributed by atoms with Gasteiger partial charge in [-0.15, -0.1) is 12.6 Å². The predicted molar refractivity (Wildman–Crippen MR) is 82.3 cm³/mol. The van der Waals surface area contributed by atoms with Crippen molar-refractivity contribution in [2.45, 2.75) is 19.8 Å². The van der Waals surface area contributed by atoms with Gasteiger partial charge in [0.25, 0.3) is 0 Å². The lowest BCUT2D eigenvalue weighted by molar-refractivity contribution is -0.113. The van der Waals surface area contributed by atoms with Gasteiger partial charge in [-0.2, -0.15) is 5.26 Å². The summed E-state index contributed by atoms with van der Waals surface area (Å²) in [6, 6.07) is 9.33. The van der Waals surface area contributed by atoms with Crippen molar-refractivity contribution >= 4 is 30.0 Å². The molecule has 0 aliphatic carbocycles. The number of nitrogens with one attached hydrogen (secondary N) is 1. The van der Waals surface area contributed by atoms with Crippen LogP contribution in [-0.4, -0.2) is 5.78 Å². The molecule has 102 valence electrons. The molecule has 3 nitrogen and oxygen atoms in total. The van der Waals surface area contributed by atoms with Crippen LogP contribution in [0.15, 0.2) is 46.1 Å². The summed E-state index contributed by atoms with van der Waals surface area (Å²) in [6.45, 7) is 3.30. The zero-order valence-electron chi connectivity index (χ0n) is 11.1. The zero-order valence-corrected chi connectivity index (χ0v) is 12.7. The van der Waals surface area contributed by atoms with Gasteiger partial charge in [0.2, 0.25) is 0 Å². The van der Waals surface area contributed by atoms with E-state index in [4.69, 9.17) is 11.6 Å². The monoisotopic (exact) mass is 304 g/mol. The number of ketones is 1. The van der Waals surface area contributed by atoms with Crippen LogP contribution in [0.5, 0.6) is 0 Å². The number of carbonyl (C=O) groups excluding carboxylic acids is 1. The van der Waals surface area contributed by atoms with E-state index in [0.29, 0.717) is 26.9 Å². The third kappa shape index (κ3) is 2.60. The van der Waals surface area contributed by atoms with Crippen molar-refractivity contribution in [3.8, 4) is 6.07 Å². The van der Waals surface area contributed by atoms with Gasteiger partial charge in [0.15, 0.2) is 5.78 Å². The van der Waals surface area contributed by atoms with Gasteiger partial charge in [-0.25, -0.2) is 0 Å². The van der Waals surface area contributed by atoms with Crippen molar-refractivity contribution < 1.29 is 4.79 Å². The molecule has 1 aromatic rings. The minimum absolute atomic E-state index is 0.0754. The minimum atomic E-state index is -0.426. The van der Waals surface area contributed by atoms with Gasteiger partial charge in [-0.1, -0.05) is 23.7 Å². The Hall–Kier alpha value is -1.70. The Morgan fingerprint density at radius 1 is 1.50 bits per heavy atom. The van der Waals surface area contributed by atoms with E-state index in [-0.39, 0.29) is 5.78 Å². The molecule has 0 bridgehead atoms. The highest BCUT2D eigenvalue weighted by molar-refractivity contribution is 7.84. The molecule has 1 aliphatic rings. The SMILES string of the molecule is CC(=O)C1=C(C)NC(S)=C(C#N)C1c1cccc(Cl)c1. The molecule has 0 fully saturated rings. The Kier molecular flexibility index (Phi) is 4.22. The van der Waals surface area contributed by atoms with Crippen LogP contribution < -0.4 is 5.32 Å². The van der Waals surface area contributed by atoms with E-state index < -0.39 is 5.92 Å². The van der Waals surface area contributed by atoms with Gasteiger partial charge in [0.05, 0.1) is 22.6 Å². The standard InChI is InChI=1S/C15H13ClN2OS/c1-8-13(9(2)19)14(12(7-17)15(20)18-8)10-4-3-5-11(16)6-10/h3-6,14,18,20H,1-2H3. The topological polar surface area (TPSA) is 52.9 Å². The Balaban J connectivity index is 2.67. The fraction of sp³-hybridized carbons (Fsp3) is 0.200. The van der Waals surface area contributed by atoms with E-state index in [2.05, 4.69) is 24.0 Å². The molecule has 1 atom stereocenters. The van der Waals surface area contributed by atoms with Gasteiger partial charge in [-0.3, -0.25) is 4.79 Å². The first kappa shape index (κ1) is 14.7. The lowest BCUT2D eigenvalue weighted by Gasteiger charge is -2.28. The van der Waals surface area contributed by atoms with Crippen LogP contribution in [0.4, 0.5) is 0 Å². The maximum atomic E-state index is 12.0. The average Bonchev–Trinajstić information content (AvgIpc) is 2.37. The number of rotatable bonds is 2. The molecule has 5 heteroatoms. The summed E-state index contributed by atoms with van der Waals surface area (Å²) < 4.78 is 0. The quantitative estimate of drug-likeness (QED) is 0.822. The number of hydrogen-bond acceptors (Lipinski definition) is 4. The highest BCUT2D eigenvalue weighted by Crippen LogP contribution is 2.39. The van der Waals surface area contributed by atoms with Crippen LogP contribution >= 0.6 is 24.2 Å². The third-order valence-corrected chi connectivity index (χ3v) is 3.81. The van der Waals surface area contributed by atoms with Gasteiger partial charge in [-0.05, 0) is 31.5 Å². The third-order valence-electron chi connectivity index (χ3n) is 3.22. The zero-order chi connectivity index (χ0) is 14.9. The second-order valence-electron chi connectivity index (χ2n) is 4.58. The Morgan fingerprint density at radius 3 is 2.75 bits per heavy atom. The van der Waals surface area contributed by atoms with Crippen molar-refractivity contribution in [2.75, 3.05) is 0 Å². The second kappa shape index (κ2) is 5.74. The highest BCUT2D eigenvalue weighted by Gasteiger charge is 2.31. The van der Waals surface area contributed by atoms with E-state index >= 15 is 0 Å². The highest BCUT2D eigenvalue weighted by atomic mass is 35.5. The molecule has 0 aromatic heterocycles. The largest absolute Gasteiger partial charge is 0.353 e. The molecule has 0 spiro atoms. The summed E-state index contributed by atoms with van der Waals surface area (Å²) in [5.41, 5.74) is 2.52. The van der Waals surface area contributed by atoms with Gasteiger partial charge >= 0.3 is 0 Å². The number of allylic oxidation sites excluding steroid dienone is 3. The van der Waals surface area contributed by atoms with E-state index in [1.54, 1.807) is 25.1 Å². The van der Waals surface area contributed by atoms with Crippen molar-refractivity contribution in [2.24, 2.45) is 0 Å². The van der Waals surface area contributed by atoms with Crippen molar-refractivity contribution in [3.63, 3.8) is 0 Å². The first-order valence-electron chi connectivity index (χ1n) is 6.03. The van der Waals surface area contributed by atoms with E-state index in [1.807, 2.05) is 6.07 Å². The molecule has 1 aromatic carbocycles. The lowest BCUT2D eigenvalue weighted by atomic mass is 9.81. The Labute approximate surface area is 128 Å². The van der Waals surface area contributed by atoms with Crippen LogP contribution in [0.1, 0.15) is 25.3 Å². The Bertz CT molecular complexity index is 685. The summed E-state index contributed by atoms with van der Waals surface area (Å²) in [5.74, 6) is -0.501. The number of halogens is 1. The van der Waals surface area contributed by atoms with Crippen LogP contribution in [0, 0.1) is 11.3 Å². The first-order valence-corrected chi connectivity index (χ1v) is 6.85. The van der Waals surface area contributed by atoms with E-state index in [9.17, 15) is 10.1 Å². The molecule has 20 heavy (non-hydrogen) atoms. The minimum Gasteiger partial charge on any atom is -0.353 e. The number of carbonyl (C=O) groups is 1. The second-order valence-corrected chi connectivity index (χ2v) is 5.47. The number of Topliss-reactive ketones (excluding diaryl/α,β-unsaturated/α-hetero) is 1. The van der Waals surface area contributed by atoms with Crippen molar-refractivity contribution in [1.29, 1.82) is 5.26 Å². The number of dihydropyridines is 1. The number of benzene rings is 1. The molecule has 1 N–H and O–H groups in total. The summed E-state index contributed by atoms with van der Waals surface area (Å²) in [4.78, 5) is 12.0. The van der Waals surface area contributed by atoms with E-state index in [0.717, 1.165) is 5.56 Å². The molecule has 1 aliphatic heterocycles. The van der Waals surface area contributed by atoms with Gasteiger partial charge in [0.1, 0.15) is 0 Å². The van der Waals surface area contributed by atoms with Crippen LogP contribution in [0.2, 0.25) is 5.02 Å². The Morgan fingerprint density at radius 2 is 2.20 bits per heavy atom. The smallest absolute Gasteiger partial charge is 0.158 e. The van der Waals surface area contributed by atoms with Crippen LogP contribution in [0.25, 0.3) is 0 Å². The van der Waals surface area contributed by atoms with Gasteiger partial charge < -0.3 is 5.32 Å². The summed E-state index contributed by atoms with van der Waals surface area (Å²) in [5, 5.41) is 13.4. The summed E-state index contributed by atoms with van der Waals surface area (Å²) >= 11 is 10.3.